The fourth-order valence-electron chi connectivity index (χ4n) is 1.87. The smallest absolute Gasteiger partial charge is 0.355 e. The van der Waals surface area contributed by atoms with Crippen LogP contribution in [0.15, 0.2) is 29.4 Å². The van der Waals surface area contributed by atoms with Crippen LogP contribution >= 0.6 is 0 Å². The molecule has 23 heavy (non-hydrogen) atoms. The van der Waals surface area contributed by atoms with Crippen LogP contribution < -0.4 is 15.5 Å². The van der Waals surface area contributed by atoms with Crippen molar-refractivity contribution in [2.75, 3.05) is 13.7 Å². The fourth-order valence-corrected chi connectivity index (χ4v) is 1.87. The van der Waals surface area contributed by atoms with E-state index < -0.39 is 18.5 Å². The van der Waals surface area contributed by atoms with Gasteiger partial charge in [-0.15, -0.1) is 0 Å². The second-order valence-corrected chi connectivity index (χ2v) is 4.80. The van der Waals surface area contributed by atoms with Crippen molar-refractivity contribution in [2.45, 2.75) is 19.4 Å². The van der Waals surface area contributed by atoms with Crippen LogP contribution in [0.5, 0.6) is 5.75 Å². The molecule has 2 N–H and O–H groups in total. The van der Waals surface area contributed by atoms with E-state index in [9.17, 15) is 14.4 Å². The monoisotopic (exact) mass is 319 g/mol. The van der Waals surface area contributed by atoms with Crippen molar-refractivity contribution in [3.8, 4) is 5.75 Å². The van der Waals surface area contributed by atoms with Gasteiger partial charge in [0.2, 0.25) is 5.91 Å². The van der Waals surface area contributed by atoms with Crippen molar-refractivity contribution in [1.29, 1.82) is 0 Å². The Hall–Kier alpha value is -2.90. The number of carbonyl (C=O) groups is 3. The molecule has 1 aromatic carbocycles. The summed E-state index contributed by atoms with van der Waals surface area (Å²) in [6, 6.07) is 7.26. The summed E-state index contributed by atoms with van der Waals surface area (Å²) in [6.07, 6.45) is 0.381. The Bertz CT molecular complexity index is 642. The van der Waals surface area contributed by atoms with Crippen LogP contribution in [0.25, 0.3) is 0 Å². The van der Waals surface area contributed by atoms with Gasteiger partial charge in [0.25, 0.3) is 5.91 Å². The number of rotatable bonds is 6. The summed E-state index contributed by atoms with van der Waals surface area (Å²) in [7, 11) is 1.56. The van der Waals surface area contributed by atoms with Gasteiger partial charge in [-0.1, -0.05) is 12.1 Å². The van der Waals surface area contributed by atoms with Crippen LogP contribution in [0.2, 0.25) is 0 Å². The summed E-state index contributed by atoms with van der Waals surface area (Å²) in [5.41, 5.74) is 3.16. The number of benzene rings is 1. The summed E-state index contributed by atoms with van der Waals surface area (Å²) in [5, 5.41) is 6.23. The molecule has 1 aliphatic rings. The maximum atomic E-state index is 11.7. The largest absolute Gasteiger partial charge is 0.497 e. The van der Waals surface area contributed by atoms with E-state index in [1.165, 1.54) is 0 Å². The van der Waals surface area contributed by atoms with Gasteiger partial charge < -0.3 is 14.8 Å². The number of hydrogen-bond donors (Lipinski definition) is 2. The maximum absolute atomic E-state index is 11.7. The van der Waals surface area contributed by atoms with Crippen molar-refractivity contribution in [2.24, 2.45) is 5.10 Å². The molecule has 1 aliphatic heterocycles. The first kappa shape index (κ1) is 16.5. The van der Waals surface area contributed by atoms with E-state index in [0.29, 0.717) is 12.3 Å². The molecule has 0 atom stereocenters. The first-order valence-corrected chi connectivity index (χ1v) is 7.00. The lowest BCUT2D eigenvalue weighted by Gasteiger charge is -2.11. The Morgan fingerprint density at radius 1 is 1.35 bits per heavy atom. The topological polar surface area (TPSA) is 106 Å². The molecule has 0 aromatic heterocycles. The number of esters is 1. The highest BCUT2D eigenvalue weighted by Crippen LogP contribution is 2.12. The van der Waals surface area contributed by atoms with Gasteiger partial charge in [0.15, 0.2) is 6.61 Å². The number of hydrazone groups is 1. The Labute approximate surface area is 132 Å². The number of nitrogens with zero attached hydrogens (tertiary/aromatic N) is 1. The second kappa shape index (κ2) is 7.92. The van der Waals surface area contributed by atoms with Gasteiger partial charge >= 0.3 is 5.97 Å². The number of hydrogen-bond acceptors (Lipinski definition) is 6. The van der Waals surface area contributed by atoms with E-state index in [0.717, 1.165) is 5.56 Å². The molecule has 0 bridgehead atoms. The zero-order valence-corrected chi connectivity index (χ0v) is 12.6. The molecule has 0 saturated heterocycles. The van der Waals surface area contributed by atoms with E-state index in [-0.39, 0.29) is 24.5 Å². The SMILES string of the molecule is COc1cccc(CNC(=O)COC(=O)C2=NNC(=O)CC2)c1. The van der Waals surface area contributed by atoms with Crippen LogP contribution in [-0.4, -0.2) is 37.2 Å². The summed E-state index contributed by atoms with van der Waals surface area (Å²) in [6.45, 7) is -0.111. The molecule has 0 saturated carbocycles. The van der Waals surface area contributed by atoms with Crippen molar-refractivity contribution >= 4 is 23.5 Å². The molecule has 122 valence electrons. The molecule has 8 heteroatoms. The minimum absolute atomic E-state index is 0.102. The molecule has 2 rings (SSSR count). The van der Waals surface area contributed by atoms with Crippen LogP contribution in [0.1, 0.15) is 18.4 Å². The van der Waals surface area contributed by atoms with Gasteiger partial charge in [-0.2, -0.15) is 5.10 Å². The Morgan fingerprint density at radius 3 is 2.87 bits per heavy atom. The molecule has 1 heterocycles. The number of amides is 2. The zero-order chi connectivity index (χ0) is 16.7. The molecule has 2 amide bonds. The van der Waals surface area contributed by atoms with Gasteiger partial charge in [-0.25, -0.2) is 10.2 Å². The summed E-state index contributed by atoms with van der Waals surface area (Å²) in [4.78, 5) is 34.3. The lowest BCUT2D eigenvalue weighted by atomic mass is 10.2. The average molecular weight is 319 g/mol. The highest BCUT2D eigenvalue weighted by Gasteiger charge is 2.20. The van der Waals surface area contributed by atoms with Crippen molar-refractivity contribution in [3.05, 3.63) is 29.8 Å². The third-order valence-electron chi connectivity index (χ3n) is 3.10. The number of nitrogens with one attached hydrogen (secondary N) is 2. The standard InChI is InChI=1S/C15H17N3O5/c1-22-11-4-2-3-10(7-11)8-16-14(20)9-23-15(21)12-5-6-13(19)18-17-12/h2-4,7H,5-6,8-9H2,1H3,(H,16,20)(H,18,19). The molecular formula is C15H17N3O5. The van der Waals surface area contributed by atoms with Crippen LogP contribution in [0, 0.1) is 0 Å². The van der Waals surface area contributed by atoms with Crippen molar-refractivity contribution in [3.63, 3.8) is 0 Å². The number of ether oxygens (including phenoxy) is 2. The lowest BCUT2D eigenvalue weighted by Crippen LogP contribution is -2.33. The molecule has 0 radical (unpaired) electrons. The zero-order valence-electron chi connectivity index (χ0n) is 12.6. The van der Waals surface area contributed by atoms with E-state index in [4.69, 9.17) is 9.47 Å². The quantitative estimate of drug-likeness (QED) is 0.725. The molecule has 8 nitrogen and oxygen atoms in total. The van der Waals surface area contributed by atoms with E-state index >= 15 is 0 Å². The van der Waals surface area contributed by atoms with Gasteiger partial charge in [0, 0.05) is 19.4 Å². The second-order valence-electron chi connectivity index (χ2n) is 4.80. The first-order chi connectivity index (χ1) is 11.1. The predicted molar refractivity (Wildman–Crippen MR) is 80.6 cm³/mol. The van der Waals surface area contributed by atoms with E-state index in [2.05, 4.69) is 15.8 Å². The highest BCUT2D eigenvalue weighted by molar-refractivity contribution is 6.37. The molecule has 1 aromatic rings. The Morgan fingerprint density at radius 2 is 2.17 bits per heavy atom. The maximum Gasteiger partial charge on any atom is 0.355 e. The van der Waals surface area contributed by atoms with Crippen LogP contribution in [0.4, 0.5) is 0 Å². The van der Waals surface area contributed by atoms with Crippen molar-refractivity contribution < 1.29 is 23.9 Å². The number of carbonyl (C=O) groups excluding carboxylic acids is 3. The van der Waals surface area contributed by atoms with E-state index in [1.807, 2.05) is 12.1 Å². The van der Waals surface area contributed by atoms with E-state index in [1.54, 1.807) is 19.2 Å². The summed E-state index contributed by atoms with van der Waals surface area (Å²) >= 11 is 0. The van der Waals surface area contributed by atoms with Crippen molar-refractivity contribution in [1.82, 2.24) is 10.7 Å². The fraction of sp³-hybridized carbons (Fsp3) is 0.333. The van der Waals surface area contributed by atoms with Crippen LogP contribution in [0.3, 0.4) is 0 Å². The lowest BCUT2D eigenvalue weighted by molar-refractivity contribution is -0.142. The number of methoxy groups -OCH3 is 1. The summed E-state index contributed by atoms with van der Waals surface area (Å²) in [5.74, 6) is -0.693. The van der Waals surface area contributed by atoms with Gasteiger partial charge in [-0.3, -0.25) is 9.59 Å². The molecule has 0 spiro atoms. The van der Waals surface area contributed by atoms with Gasteiger partial charge in [0.1, 0.15) is 11.5 Å². The van der Waals surface area contributed by atoms with Gasteiger partial charge in [0.05, 0.1) is 7.11 Å². The Kier molecular flexibility index (Phi) is 5.67. The minimum Gasteiger partial charge on any atom is -0.497 e. The Balaban J connectivity index is 1.74. The highest BCUT2D eigenvalue weighted by atomic mass is 16.5. The third-order valence-corrected chi connectivity index (χ3v) is 3.10. The van der Waals surface area contributed by atoms with Crippen LogP contribution in [-0.2, 0) is 25.7 Å². The third kappa shape index (κ3) is 5.10. The normalized spacial score (nSPS) is 13.6. The van der Waals surface area contributed by atoms with Gasteiger partial charge in [-0.05, 0) is 17.7 Å². The first-order valence-electron chi connectivity index (χ1n) is 7.00. The molecule has 0 fully saturated rings. The summed E-state index contributed by atoms with van der Waals surface area (Å²) < 4.78 is 9.94. The average Bonchev–Trinajstić information content (AvgIpc) is 2.58. The predicted octanol–water partition coefficient (Wildman–Crippen LogP) is 0.121. The minimum atomic E-state index is -0.707. The molecule has 0 aliphatic carbocycles. The molecule has 0 unspecified atom stereocenters. The molecular weight excluding hydrogens is 302 g/mol.